The zero-order valence-electron chi connectivity index (χ0n) is 16.1. The number of aryl methyl sites for hydroxylation is 4. The van der Waals surface area contributed by atoms with Crippen molar-refractivity contribution in [2.45, 2.75) is 46.5 Å². The van der Waals surface area contributed by atoms with Gasteiger partial charge in [0.25, 0.3) is 0 Å². The first kappa shape index (κ1) is 16.9. The van der Waals surface area contributed by atoms with Crippen LogP contribution in [0.3, 0.4) is 0 Å². The van der Waals surface area contributed by atoms with Crippen molar-refractivity contribution in [1.82, 2.24) is 19.7 Å². The Morgan fingerprint density at radius 3 is 2.50 bits per heavy atom. The van der Waals surface area contributed by atoms with E-state index in [1.165, 1.54) is 28.3 Å². The Bertz CT molecular complexity index is 912. The number of nitrogens with zero attached hydrogens (tertiary/aromatic N) is 4. The number of hydrogen-bond donors (Lipinski definition) is 1. The van der Waals surface area contributed by atoms with E-state index in [2.05, 4.69) is 71.5 Å². The second kappa shape index (κ2) is 6.63. The maximum Gasteiger partial charge on any atom is 0.132 e. The van der Waals surface area contributed by atoms with Gasteiger partial charge >= 0.3 is 0 Å². The van der Waals surface area contributed by atoms with Gasteiger partial charge in [0.15, 0.2) is 0 Å². The lowest BCUT2D eigenvalue weighted by Crippen LogP contribution is -2.34. The van der Waals surface area contributed by atoms with E-state index in [-0.39, 0.29) is 0 Å². The Morgan fingerprint density at radius 2 is 1.81 bits per heavy atom. The average Bonchev–Trinajstić information content (AvgIpc) is 3.23. The van der Waals surface area contributed by atoms with E-state index in [4.69, 9.17) is 5.10 Å². The molecular weight excluding hydrogens is 322 g/mol. The SMILES string of the molecule is Cc1ccc(C)c(-n2nc(C)cc2N2CCC(c3[nH]cnc3C)CC2)c1. The van der Waals surface area contributed by atoms with Crippen molar-refractivity contribution in [3.8, 4) is 5.69 Å². The molecular formula is C21H27N5. The smallest absolute Gasteiger partial charge is 0.132 e. The second-order valence-electron chi connectivity index (χ2n) is 7.51. The zero-order valence-corrected chi connectivity index (χ0v) is 16.1. The van der Waals surface area contributed by atoms with Crippen LogP contribution < -0.4 is 4.90 Å². The quantitative estimate of drug-likeness (QED) is 0.770. The molecule has 0 saturated carbocycles. The normalized spacial score (nSPS) is 15.6. The average molecular weight is 349 g/mol. The van der Waals surface area contributed by atoms with Gasteiger partial charge in [-0.2, -0.15) is 5.10 Å². The molecule has 1 aromatic carbocycles. The minimum atomic E-state index is 0.576. The lowest BCUT2D eigenvalue weighted by Gasteiger charge is -2.33. The molecule has 0 spiro atoms. The molecule has 1 saturated heterocycles. The monoisotopic (exact) mass is 349 g/mol. The molecule has 0 bridgehead atoms. The molecule has 3 heterocycles. The number of hydrogen-bond acceptors (Lipinski definition) is 3. The highest BCUT2D eigenvalue weighted by Crippen LogP contribution is 2.32. The van der Waals surface area contributed by atoms with Gasteiger partial charge in [-0.15, -0.1) is 0 Å². The fraction of sp³-hybridized carbons (Fsp3) is 0.429. The summed E-state index contributed by atoms with van der Waals surface area (Å²) in [5.74, 6) is 1.78. The summed E-state index contributed by atoms with van der Waals surface area (Å²) in [6, 6.07) is 8.78. The first-order chi connectivity index (χ1) is 12.5. The van der Waals surface area contributed by atoms with Crippen LogP contribution in [0.4, 0.5) is 5.82 Å². The van der Waals surface area contributed by atoms with Crippen LogP contribution in [-0.4, -0.2) is 32.8 Å². The fourth-order valence-corrected chi connectivity index (χ4v) is 4.02. The molecule has 3 aromatic rings. The van der Waals surface area contributed by atoms with Gasteiger partial charge in [-0.1, -0.05) is 12.1 Å². The molecule has 136 valence electrons. The van der Waals surface area contributed by atoms with Crippen LogP contribution >= 0.6 is 0 Å². The maximum absolute atomic E-state index is 4.80. The lowest BCUT2D eigenvalue weighted by atomic mass is 9.92. The van der Waals surface area contributed by atoms with Crippen LogP contribution in [-0.2, 0) is 0 Å². The molecule has 1 aliphatic rings. The standard InChI is InChI=1S/C21H27N5/c1-14-5-6-15(2)19(11-14)26-20(12-16(3)24-26)25-9-7-18(8-10-25)21-17(4)22-13-23-21/h5-6,11-13,18H,7-10H2,1-4H3,(H,22,23). The number of aromatic amines is 1. The maximum atomic E-state index is 4.80. The zero-order chi connectivity index (χ0) is 18.3. The van der Waals surface area contributed by atoms with Crippen molar-refractivity contribution in [3.05, 3.63) is 58.8 Å². The van der Waals surface area contributed by atoms with Gasteiger partial charge in [0.1, 0.15) is 5.82 Å². The summed E-state index contributed by atoms with van der Waals surface area (Å²) >= 11 is 0. The Labute approximate surface area is 155 Å². The molecule has 0 radical (unpaired) electrons. The molecule has 1 fully saturated rings. The summed E-state index contributed by atoms with van der Waals surface area (Å²) < 4.78 is 2.12. The van der Waals surface area contributed by atoms with Crippen molar-refractivity contribution in [3.63, 3.8) is 0 Å². The number of aromatic nitrogens is 4. The highest BCUT2D eigenvalue weighted by Gasteiger charge is 2.25. The van der Waals surface area contributed by atoms with Gasteiger partial charge in [0, 0.05) is 30.8 Å². The number of anilines is 1. The highest BCUT2D eigenvalue weighted by atomic mass is 15.4. The van der Waals surface area contributed by atoms with Gasteiger partial charge in [0.2, 0.25) is 0 Å². The molecule has 0 aliphatic carbocycles. The Kier molecular flexibility index (Phi) is 4.31. The van der Waals surface area contributed by atoms with E-state index in [9.17, 15) is 0 Å². The predicted octanol–water partition coefficient (Wildman–Crippen LogP) is 4.21. The minimum Gasteiger partial charge on any atom is -0.356 e. The van der Waals surface area contributed by atoms with E-state index in [0.29, 0.717) is 5.92 Å². The van der Waals surface area contributed by atoms with E-state index in [0.717, 1.165) is 37.3 Å². The number of imidazole rings is 1. The summed E-state index contributed by atoms with van der Waals surface area (Å²) in [7, 11) is 0. The molecule has 0 atom stereocenters. The molecule has 0 amide bonds. The van der Waals surface area contributed by atoms with Gasteiger partial charge in [-0.05, 0) is 57.7 Å². The molecule has 26 heavy (non-hydrogen) atoms. The number of H-pyrrole nitrogens is 1. The number of piperidine rings is 1. The summed E-state index contributed by atoms with van der Waals surface area (Å²) in [6.07, 6.45) is 4.09. The number of benzene rings is 1. The second-order valence-corrected chi connectivity index (χ2v) is 7.51. The summed E-state index contributed by atoms with van der Waals surface area (Å²) in [5, 5.41) is 4.80. The van der Waals surface area contributed by atoms with Crippen molar-refractivity contribution in [1.29, 1.82) is 0 Å². The van der Waals surface area contributed by atoms with Gasteiger partial charge < -0.3 is 9.88 Å². The van der Waals surface area contributed by atoms with E-state index < -0.39 is 0 Å². The lowest BCUT2D eigenvalue weighted by molar-refractivity contribution is 0.490. The Morgan fingerprint density at radius 1 is 1.04 bits per heavy atom. The van der Waals surface area contributed by atoms with Crippen molar-refractivity contribution < 1.29 is 0 Å². The van der Waals surface area contributed by atoms with Crippen LogP contribution in [0.2, 0.25) is 0 Å². The van der Waals surface area contributed by atoms with Crippen LogP contribution in [0, 0.1) is 27.7 Å². The first-order valence-corrected chi connectivity index (χ1v) is 9.42. The van der Waals surface area contributed by atoms with Crippen molar-refractivity contribution in [2.24, 2.45) is 0 Å². The fourth-order valence-electron chi connectivity index (χ4n) is 4.02. The van der Waals surface area contributed by atoms with Crippen molar-refractivity contribution >= 4 is 5.82 Å². The summed E-state index contributed by atoms with van der Waals surface area (Å²) in [5.41, 5.74) is 7.21. The van der Waals surface area contributed by atoms with Crippen LogP contribution in [0.5, 0.6) is 0 Å². The molecule has 5 heteroatoms. The molecule has 0 unspecified atom stereocenters. The highest BCUT2D eigenvalue weighted by molar-refractivity contribution is 5.52. The van der Waals surface area contributed by atoms with Crippen molar-refractivity contribution in [2.75, 3.05) is 18.0 Å². The van der Waals surface area contributed by atoms with Crippen LogP contribution in [0.25, 0.3) is 5.69 Å². The number of rotatable bonds is 3. The Hall–Kier alpha value is -2.56. The topological polar surface area (TPSA) is 49.7 Å². The van der Waals surface area contributed by atoms with E-state index in [1.54, 1.807) is 0 Å². The third-order valence-electron chi connectivity index (χ3n) is 5.50. The molecule has 4 rings (SSSR count). The van der Waals surface area contributed by atoms with E-state index in [1.807, 2.05) is 6.33 Å². The molecule has 2 aromatic heterocycles. The largest absolute Gasteiger partial charge is 0.356 e. The summed E-state index contributed by atoms with van der Waals surface area (Å²) in [4.78, 5) is 10.2. The van der Waals surface area contributed by atoms with Crippen LogP contribution in [0.15, 0.2) is 30.6 Å². The van der Waals surface area contributed by atoms with Gasteiger partial charge in [-0.25, -0.2) is 9.67 Å². The predicted molar refractivity (Wildman–Crippen MR) is 105 cm³/mol. The minimum absolute atomic E-state index is 0.576. The first-order valence-electron chi connectivity index (χ1n) is 9.42. The molecule has 5 nitrogen and oxygen atoms in total. The number of nitrogens with one attached hydrogen (secondary N) is 1. The summed E-state index contributed by atoms with van der Waals surface area (Å²) in [6.45, 7) is 10.5. The van der Waals surface area contributed by atoms with Gasteiger partial charge in [-0.3, -0.25) is 0 Å². The van der Waals surface area contributed by atoms with Crippen LogP contribution in [0.1, 0.15) is 47.0 Å². The third-order valence-corrected chi connectivity index (χ3v) is 5.50. The molecule has 1 aliphatic heterocycles. The molecule has 1 N–H and O–H groups in total. The van der Waals surface area contributed by atoms with Gasteiger partial charge in [0.05, 0.1) is 23.4 Å². The van der Waals surface area contributed by atoms with E-state index >= 15 is 0 Å². The Balaban J connectivity index is 1.60. The third kappa shape index (κ3) is 3.02.